The van der Waals surface area contributed by atoms with Crippen molar-refractivity contribution >= 4 is 17.3 Å². The molecule has 0 radical (unpaired) electrons. The number of hydrogen-bond acceptors (Lipinski definition) is 2. The molecule has 1 fully saturated rings. The van der Waals surface area contributed by atoms with Crippen molar-refractivity contribution in [2.24, 2.45) is 0 Å². The van der Waals surface area contributed by atoms with Gasteiger partial charge in [0.15, 0.2) is 5.11 Å². The zero-order valence-corrected chi connectivity index (χ0v) is 11.1. The Bertz CT molecular complexity index is 290. The van der Waals surface area contributed by atoms with Gasteiger partial charge in [0, 0.05) is 19.1 Å². The summed E-state index contributed by atoms with van der Waals surface area (Å²) in [6.45, 7) is 5.10. The van der Waals surface area contributed by atoms with Crippen LogP contribution >= 0.6 is 12.2 Å². The molecule has 1 saturated carbocycles. The normalized spacial score (nSPS) is 15.9. The highest BCUT2D eigenvalue weighted by Gasteiger charge is 2.22. The van der Waals surface area contributed by atoms with E-state index in [-0.39, 0.29) is 0 Å². The van der Waals surface area contributed by atoms with Crippen LogP contribution in [-0.4, -0.2) is 29.1 Å². The summed E-state index contributed by atoms with van der Waals surface area (Å²) in [5.74, 6) is 0. The molecule has 4 heteroatoms. The van der Waals surface area contributed by atoms with Crippen molar-refractivity contribution in [3.8, 4) is 6.07 Å². The molecule has 1 aliphatic carbocycles. The molecule has 94 valence electrons. The van der Waals surface area contributed by atoms with Crippen LogP contribution in [0.3, 0.4) is 0 Å². The molecular formula is C13H21N3S. The second-order valence-electron chi connectivity index (χ2n) is 4.37. The lowest BCUT2D eigenvalue weighted by Gasteiger charge is -2.35. The molecule has 0 atom stereocenters. The van der Waals surface area contributed by atoms with Crippen LogP contribution in [0.25, 0.3) is 0 Å². The Morgan fingerprint density at radius 2 is 2.18 bits per heavy atom. The van der Waals surface area contributed by atoms with Crippen molar-refractivity contribution in [2.45, 2.75) is 44.6 Å². The summed E-state index contributed by atoms with van der Waals surface area (Å²) >= 11 is 5.39. The van der Waals surface area contributed by atoms with Gasteiger partial charge in [-0.15, -0.1) is 6.58 Å². The summed E-state index contributed by atoms with van der Waals surface area (Å²) in [6.07, 6.45) is 8.61. The Hall–Kier alpha value is -1.08. The monoisotopic (exact) mass is 251 g/mol. The van der Waals surface area contributed by atoms with Gasteiger partial charge in [-0.3, -0.25) is 0 Å². The lowest BCUT2D eigenvalue weighted by atomic mass is 9.94. The summed E-state index contributed by atoms with van der Waals surface area (Å²) < 4.78 is 0. The lowest BCUT2D eigenvalue weighted by Crippen LogP contribution is -2.47. The van der Waals surface area contributed by atoms with Crippen molar-refractivity contribution in [1.82, 2.24) is 10.2 Å². The maximum atomic E-state index is 8.71. The molecule has 0 saturated heterocycles. The fourth-order valence-corrected chi connectivity index (χ4v) is 2.60. The van der Waals surface area contributed by atoms with Gasteiger partial charge in [0.05, 0.1) is 12.5 Å². The van der Waals surface area contributed by atoms with Gasteiger partial charge in [-0.05, 0) is 25.1 Å². The van der Waals surface area contributed by atoms with E-state index in [1.807, 2.05) is 0 Å². The molecule has 0 aromatic carbocycles. The van der Waals surface area contributed by atoms with E-state index in [1.165, 1.54) is 32.1 Å². The van der Waals surface area contributed by atoms with Crippen LogP contribution in [0.5, 0.6) is 0 Å². The highest BCUT2D eigenvalue weighted by atomic mass is 32.1. The summed E-state index contributed by atoms with van der Waals surface area (Å²) in [5, 5.41) is 12.7. The minimum absolute atomic E-state index is 0.516. The predicted molar refractivity (Wildman–Crippen MR) is 74.6 cm³/mol. The molecule has 1 aliphatic rings. The highest BCUT2D eigenvalue weighted by molar-refractivity contribution is 7.80. The molecular weight excluding hydrogens is 230 g/mol. The van der Waals surface area contributed by atoms with Crippen molar-refractivity contribution in [3.63, 3.8) is 0 Å². The number of hydrogen-bond donors (Lipinski definition) is 1. The summed E-state index contributed by atoms with van der Waals surface area (Å²) in [6, 6.07) is 2.71. The van der Waals surface area contributed by atoms with Gasteiger partial charge in [0.1, 0.15) is 0 Å². The zero-order valence-electron chi connectivity index (χ0n) is 10.3. The Balaban J connectivity index is 2.54. The Kier molecular flexibility index (Phi) is 6.64. The first-order valence-electron chi connectivity index (χ1n) is 6.32. The zero-order chi connectivity index (χ0) is 12.5. The Labute approximate surface area is 109 Å². The van der Waals surface area contributed by atoms with Crippen LogP contribution in [0.15, 0.2) is 12.7 Å². The van der Waals surface area contributed by atoms with E-state index >= 15 is 0 Å². The molecule has 0 aromatic rings. The number of nitriles is 1. The minimum atomic E-state index is 0.516. The highest BCUT2D eigenvalue weighted by Crippen LogP contribution is 2.22. The number of thiocarbonyl (C=S) groups is 1. The average molecular weight is 251 g/mol. The first-order chi connectivity index (χ1) is 8.29. The topological polar surface area (TPSA) is 39.1 Å². The second-order valence-corrected chi connectivity index (χ2v) is 4.75. The van der Waals surface area contributed by atoms with Crippen LogP contribution in [0.4, 0.5) is 0 Å². The first-order valence-corrected chi connectivity index (χ1v) is 6.72. The maximum Gasteiger partial charge on any atom is 0.169 e. The smallest absolute Gasteiger partial charge is 0.169 e. The standard InChI is InChI=1S/C13H21N3S/c1-2-10-15-13(17)16(11-6-9-14)12-7-4-3-5-8-12/h2,12H,1,3-8,10-11H2,(H,15,17). The van der Waals surface area contributed by atoms with Crippen molar-refractivity contribution in [2.75, 3.05) is 13.1 Å². The number of rotatable bonds is 5. The fourth-order valence-electron chi connectivity index (χ4n) is 2.27. The van der Waals surface area contributed by atoms with Gasteiger partial charge in [-0.2, -0.15) is 5.26 Å². The SMILES string of the molecule is C=CCNC(=S)N(CCC#N)C1CCCCC1. The third-order valence-corrected chi connectivity index (χ3v) is 3.52. The van der Waals surface area contributed by atoms with E-state index in [4.69, 9.17) is 17.5 Å². The quantitative estimate of drug-likeness (QED) is 0.602. The summed E-state index contributed by atoms with van der Waals surface area (Å²) in [7, 11) is 0. The molecule has 0 bridgehead atoms. The first kappa shape index (κ1) is 14.0. The van der Waals surface area contributed by atoms with E-state index in [9.17, 15) is 0 Å². The maximum absolute atomic E-state index is 8.71. The average Bonchev–Trinajstić information content (AvgIpc) is 2.38. The van der Waals surface area contributed by atoms with Crippen LogP contribution in [0.2, 0.25) is 0 Å². The molecule has 0 aromatic heterocycles. The molecule has 0 amide bonds. The van der Waals surface area contributed by atoms with Crippen LogP contribution in [0.1, 0.15) is 38.5 Å². The Morgan fingerprint density at radius 1 is 1.47 bits per heavy atom. The van der Waals surface area contributed by atoms with Crippen LogP contribution in [-0.2, 0) is 0 Å². The van der Waals surface area contributed by atoms with E-state index in [0.717, 1.165) is 11.7 Å². The summed E-state index contributed by atoms with van der Waals surface area (Å²) in [5.41, 5.74) is 0. The van der Waals surface area contributed by atoms with E-state index in [1.54, 1.807) is 6.08 Å². The molecule has 0 heterocycles. The molecule has 0 spiro atoms. The summed E-state index contributed by atoms with van der Waals surface area (Å²) in [4.78, 5) is 2.20. The van der Waals surface area contributed by atoms with Gasteiger partial charge >= 0.3 is 0 Å². The molecule has 0 unspecified atom stereocenters. The molecule has 17 heavy (non-hydrogen) atoms. The van der Waals surface area contributed by atoms with Crippen molar-refractivity contribution < 1.29 is 0 Å². The van der Waals surface area contributed by atoms with E-state index < -0.39 is 0 Å². The largest absolute Gasteiger partial charge is 0.359 e. The lowest BCUT2D eigenvalue weighted by molar-refractivity contribution is 0.245. The number of nitrogens with zero attached hydrogens (tertiary/aromatic N) is 2. The van der Waals surface area contributed by atoms with Crippen LogP contribution in [0, 0.1) is 11.3 Å². The molecule has 0 aliphatic heterocycles. The predicted octanol–water partition coefficient (Wildman–Crippen LogP) is 2.60. The van der Waals surface area contributed by atoms with Crippen molar-refractivity contribution in [1.29, 1.82) is 5.26 Å². The van der Waals surface area contributed by atoms with Crippen LogP contribution < -0.4 is 5.32 Å². The van der Waals surface area contributed by atoms with Crippen molar-refractivity contribution in [3.05, 3.63) is 12.7 Å². The molecule has 1 N–H and O–H groups in total. The van der Waals surface area contributed by atoms with Gasteiger partial charge in [-0.1, -0.05) is 25.3 Å². The Morgan fingerprint density at radius 3 is 2.76 bits per heavy atom. The second kappa shape index (κ2) is 8.08. The van der Waals surface area contributed by atoms with Gasteiger partial charge in [-0.25, -0.2) is 0 Å². The molecule has 1 rings (SSSR count). The van der Waals surface area contributed by atoms with Gasteiger partial charge < -0.3 is 10.2 Å². The van der Waals surface area contributed by atoms with E-state index in [2.05, 4.69) is 22.9 Å². The fraction of sp³-hybridized carbons (Fsp3) is 0.692. The third-order valence-electron chi connectivity index (χ3n) is 3.14. The van der Waals surface area contributed by atoms with Gasteiger partial charge in [0.25, 0.3) is 0 Å². The minimum Gasteiger partial charge on any atom is -0.359 e. The van der Waals surface area contributed by atoms with E-state index in [0.29, 0.717) is 19.0 Å². The van der Waals surface area contributed by atoms with Gasteiger partial charge in [0.2, 0.25) is 0 Å². The number of nitrogens with one attached hydrogen (secondary N) is 1. The molecule has 3 nitrogen and oxygen atoms in total. The third kappa shape index (κ3) is 4.74.